The molecular formula is C23H18F3NO2. The van der Waals surface area contributed by atoms with Crippen molar-refractivity contribution in [2.75, 3.05) is 5.73 Å². The topological polar surface area (TPSA) is 59.4 Å². The van der Waals surface area contributed by atoms with Gasteiger partial charge in [0.25, 0.3) is 0 Å². The number of benzene rings is 3. The normalized spacial score (nSPS) is 11.8. The zero-order valence-corrected chi connectivity index (χ0v) is 15.3. The highest BCUT2D eigenvalue weighted by atomic mass is 19.4. The van der Waals surface area contributed by atoms with E-state index in [1.807, 2.05) is 42.5 Å². The molecule has 6 heteroatoms. The van der Waals surface area contributed by atoms with Crippen molar-refractivity contribution in [1.29, 1.82) is 0 Å². The van der Waals surface area contributed by atoms with Crippen molar-refractivity contribution in [1.82, 2.24) is 0 Å². The molecule has 0 fully saturated rings. The Labute approximate surface area is 165 Å². The number of aryl methyl sites for hydroxylation is 2. The van der Waals surface area contributed by atoms with Crippen LogP contribution in [0.25, 0.3) is 21.9 Å². The number of alkyl halides is 3. The van der Waals surface area contributed by atoms with E-state index in [1.54, 1.807) is 0 Å². The third-order valence-corrected chi connectivity index (χ3v) is 4.96. The van der Waals surface area contributed by atoms with Crippen LogP contribution in [0.3, 0.4) is 0 Å². The molecule has 0 saturated carbocycles. The zero-order chi connectivity index (χ0) is 20.6. The van der Waals surface area contributed by atoms with Crippen LogP contribution in [0.4, 0.5) is 19.1 Å². The van der Waals surface area contributed by atoms with Crippen molar-refractivity contribution in [3.8, 4) is 16.9 Å². The van der Waals surface area contributed by atoms with E-state index in [-0.39, 0.29) is 28.5 Å². The van der Waals surface area contributed by atoms with Crippen LogP contribution in [-0.2, 0) is 19.0 Å². The minimum atomic E-state index is -4.48. The van der Waals surface area contributed by atoms with Crippen molar-refractivity contribution in [3.63, 3.8) is 0 Å². The highest BCUT2D eigenvalue weighted by molar-refractivity contribution is 5.85. The summed E-state index contributed by atoms with van der Waals surface area (Å²) in [7, 11) is 0. The summed E-state index contributed by atoms with van der Waals surface area (Å²) < 4.78 is 44.5. The lowest BCUT2D eigenvalue weighted by Crippen LogP contribution is -2.04. The maximum Gasteiger partial charge on any atom is 0.416 e. The summed E-state index contributed by atoms with van der Waals surface area (Å²) in [6.07, 6.45) is -3.53. The number of nitrogen functional groups attached to an aromatic ring is 1. The molecule has 0 atom stereocenters. The first-order chi connectivity index (χ1) is 13.8. The summed E-state index contributed by atoms with van der Waals surface area (Å²) in [4.78, 5) is 0. The number of rotatable bonds is 4. The summed E-state index contributed by atoms with van der Waals surface area (Å²) >= 11 is 0. The Bertz CT molecular complexity index is 1170. The average Bonchev–Trinajstić information content (AvgIpc) is 2.99. The molecule has 0 spiro atoms. The van der Waals surface area contributed by atoms with E-state index < -0.39 is 11.7 Å². The van der Waals surface area contributed by atoms with Gasteiger partial charge in [0.1, 0.15) is 5.76 Å². The lowest BCUT2D eigenvalue weighted by molar-refractivity contribution is -0.137. The number of halogens is 3. The number of furan rings is 1. The number of fused-ring (bicyclic) bond motifs is 1. The Hall–Kier alpha value is -3.41. The van der Waals surface area contributed by atoms with Gasteiger partial charge in [0, 0.05) is 6.42 Å². The predicted molar refractivity (Wildman–Crippen MR) is 107 cm³/mol. The van der Waals surface area contributed by atoms with Gasteiger partial charge in [0.2, 0.25) is 5.88 Å². The van der Waals surface area contributed by atoms with Gasteiger partial charge < -0.3 is 15.3 Å². The molecule has 4 aromatic rings. The second-order valence-electron chi connectivity index (χ2n) is 6.83. The Kier molecular flexibility index (Phi) is 4.70. The molecule has 1 heterocycles. The van der Waals surface area contributed by atoms with E-state index in [2.05, 4.69) is 0 Å². The first-order valence-electron chi connectivity index (χ1n) is 9.09. The first-order valence-corrected chi connectivity index (χ1v) is 9.09. The van der Waals surface area contributed by atoms with Crippen molar-refractivity contribution in [2.45, 2.75) is 19.0 Å². The summed E-state index contributed by atoms with van der Waals surface area (Å²) in [6, 6.07) is 18.6. The summed E-state index contributed by atoms with van der Waals surface area (Å²) in [5.74, 6) is -0.0698. The fourth-order valence-corrected chi connectivity index (χ4v) is 3.55. The molecule has 0 unspecified atom stereocenters. The van der Waals surface area contributed by atoms with E-state index in [1.165, 1.54) is 12.1 Å². The molecule has 0 bridgehead atoms. The Morgan fingerprint density at radius 2 is 1.62 bits per heavy atom. The molecule has 0 saturated heterocycles. The third kappa shape index (κ3) is 3.66. The molecule has 148 valence electrons. The highest BCUT2D eigenvalue weighted by Crippen LogP contribution is 2.42. The molecule has 0 aliphatic rings. The van der Waals surface area contributed by atoms with Gasteiger partial charge >= 0.3 is 6.18 Å². The van der Waals surface area contributed by atoms with Crippen LogP contribution in [-0.4, -0.2) is 5.11 Å². The molecular weight excluding hydrogens is 379 g/mol. The van der Waals surface area contributed by atoms with E-state index in [0.29, 0.717) is 12.8 Å². The second kappa shape index (κ2) is 7.20. The van der Waals surface area contributed by atoms with Crippen molar-refractivity contribution in [3.05, 3.63) is 83.6 Å². The predicted octanol–water partition coefficient (Wildman–Crippen LogP) is 6.19. The molecule has 1 aromatic heterocycles. The third-order valence-electron chi connectivity index (χ3n) is 4.96. The number of nitrogens with two attached hydrogens (primary N) is 1. The molecule has 0 radical (unpaired) electrons. The van der Waals surface area contributed by atoms with Crippen LogP contribution in [0.2, 0.25) is 0 Å². The maximum atomic E-state index is 13.0. The highest BCUT2D eigenvalue weighted by Gasteiger charge is 2.31. The van der Waals surface area contributed by atoms with E-state index in [4.69, 9.17) is 10.2 Å². The number of aromatic hydroxyl groups is 1. The summed E-state index contributed by atoms with van der Waals surface area (Å²) in [5, 5.41) is 12.8. The molecule has 29 heavy (non-hydrogen) atoms. The first kappa shape index (κ1) is 18.9. The molecule has 4 rings (SSSR count). The van der Waals surface area contributed by atoms with E-state index in [0.717, 1.165) is 28.5 Å². The quantitative estimate of drug-likeness (QED) is 0.432. The van der Waals surface area contributed by atoms with Crippen LogP contribution >= 0.6 is 0 Å². The fourth-order valence-electron chi connectivity index (χ4n) is 3.55. The maximum absolute atomic E-state index is 13.0. The van der Waals surface area contributed by atoms with Crippen LogP contribution in [0.5, 0.6) is 5.75 Å². The van der Waals surface area contributed by atoms with E-state index in [9.17, 15) is 18.3 Å². The lowest BCUT2D eigenvalue weighted by atomic mass is 9.99. The number of hydrogen-bond donors (Lipinski definition) is 2. The van der Waals surface area contributed by atoms with Gasteiger partial charge in [-0.05, 0) is 40.5 Å². The fraction of sp³-hybridized carbons (Fsp3) is 0.130. The van der Waals surface area contributed by atoms with Crippen molar-refractivity contribution in [2.24, 2.45) is 0 Å². The molecule has 0 aliphatic heterocycles. The molecule has 3 nitrogen and oxygen atoms in total. The minimum absolute atomic E-state index is 0.0871. The monoisotopic (exact) mass is 397 g/mol. The van der Waals surface area contributed by atoms with Crippen molar-refractivity contribution < 1.29 is 22.7 Å². The smallest absolute Gasteiger partial charge is 0.416 e. The van der Waals surface area contributed by atoms with Gasteiger partial charge in [-0.2, -0.15) is 13.2 Å². The number of anilines is 1. The van der Waals surface area contributed by atoms with E-state index >= 15 is 0 Å². The summed E-state index contributed by atoms with van der Waals surface area (Å²) in [5.41, 5.74) is 6.40. The Balaban J connectivity index is 1.64. The molecule has 3 N–H and O–H groups in total. The summed E-state index contributed by atoms with van der Waals surface area (Å²) in [6.45, 7) is 0. The van der Waals surface area contributed by atoms with Gasteiger partial charge in [-0.1, -0.05) is 54.6 Å². The van der Waals surface area contributed by atoms with Crippen LogP contribution in [0.1, 0.15) is 16.9 Å². The largest absolute Gasteiger partial charge is 0.504 e. The SMILES string of the molecule is Nc1oc(CCc2cccc3ccccc23)c(O)c1-c1cccc(C(F)(F)F)c1. The standard InChI is InChI=1S/C23H18F3NO2/c24-23(25,26)17-9-4-8-16(13-17)20-21(28)19(29-22(20)27)12-11-15-7-3-6-14-5-1-2-10-18(14)15/h1-10,13,28H,11-12,27H2. The Morgan fingerprint density at radius 1 is 0.897 bits per heavy atom. The van der Waals surface area contributed by atoms with Crippen LogP contribution < -0.4 is 5.73 Å². The lowest BCUT2D eigenvalue weighted by Gasteiger charge is -2.08. The molecule has 0 aliphatic carbocycles. The van der Waals surface area contributed by atoms with Crippen LogP contribution in [0.15, 0.2) is 71.1 Å². The van der Waals surface area contributed by atoms with Gasteiger partial charge in [0.15, 0.2) is 5.75 Å². The van der Waals surface area contributed by atoms with Gasteiger partial charge in [-0.25, -0.2) is 0 Å². The number of hydrogen-bond acceptors (Lipinski definition) is 3. The molecule has 0 amide bonds. The minimum Gasteiger partial charge on any atom is -0.504 e. The molecule has 3 aromatic carbocycles. The van der Waals surface area contributed by atoms with Gasteiger partial charge in [0.05, 0.1) is 11.1 Å². The van der Waals surface area contributed by atoms with Gasteiger partial charge in [-0.3, -0.25) is 0 Å². The Morgan fingerprint density at radius 3 is 2.41 bits per heavy atom. The second-order valence-corrected chi connectivity index (χ2v) is 6.83. The van der Waals surface area contributed by atoms with Crippen LogP contribution in [0, 0.1) is 0 Å². The van der Waals surface area contributed by atoms with Gasteiger partial charge in [-0.15, -0.1) is 0 Å². The van der Waals surface area contributed by atoms with Crippen molar-refractivity contribution >= 4 is 16.7 Å². The zero-order valence-electron chi connectivity index (χ0n) is 15.3. The average molecular weight is 397 g/mol.